The molecule has 0 aromatic heterocycles. The summed E-state index contributed by atoms with van der Waals surface area (Å²) in [4.78, 5) is 38.2. The maximum absolute atomic E-state index is 13.0. The van der Waals surface area contributed by atoms with Crippen molar-refractivity contribution in [1.29, 1.82) is 0 Å². The number of rotatable bonds is 11. The number of likely N-dealkylation sites (tertiary alicyclic amines) is 1. The minimum absolute atomic E-state index is 0.0732. The summed E-state index contributed by atoms with van der Waals surface area (Å²) in [6.07, 6.45) is 1.39. The molecular formula is C28H30BrN2O4PS. The van der Waals surface area contributed by atoms with Crippen molar-refractivity contribution < 1.29 is 19.5 Å². The molecule has 1 saturated heterocycles. The Bertz CT molecular complexity index is 1160. The first kappa shape index (κ1) is 27.5. The van der Waals surface area contributed by atoms with E-state index in [9.17, 15) is 14.4 Å². The summed E-state index contributed by atoms with van der Waals surface area (Å²) in [6.45, 7) is 0.301. The van der Waals surface area contributed by atoms with Gasteiger partial charge in [0, 0.05) is 0 Å². The standard InChI is InChI=1S/C28H30BrN2O4PS/c29-36(21-11-4-1-5-12-21,22-13-6-2-7-14-22,23-15-8-3-9-16-23)18-10-17-31-26(32)19-25(27(31)33)37-20-24(30)28(34)35/h1-9,11-16,24-25H,10,17-20,30H2,(H,34,35). The molecule has 1 aliphatic heterocycles. The summed E-state index contributed by atoms with van der Waals surface area (Å²) < 4.78 is 0. The van der Waals surface area contributed by atoms with Crippen LogP contribution in [0.1, 0.15) is 12.8 Å². The van der Waals surface area contributed by atoms with Gasteiger partial charge in [-0.3, -0.25) is 0 Å². The Hall–Kier alpha value is -2.51. The summed E-state index contributed by atoms with van der Waals surface area (Å²) in [7, 11) is 0. The number of carbonyl (C=O) groups is 3. The van der Waals surface area contributed by atoms with Gasteiger partial charge in [-0.1, -0.05) is 0 Å². The second-order valence-electron chi connectivity index (χ2n) is 9.12. The van der Waals surface area contributed by atoms with Gasteiger partial charge < -0.3 is 0 Å². The van der Waals surface area contributed by atoms with E-state index < -0.39 is 22.6 Å². The zero-order valence-electron chi connectivity index (χ0n) is 20.3. The normalized spacial score (nSPS) is 17.8. The summed E-state index contributed by atoms with van der Waals surface area (Å²) in [5.74, 6) is -1.52. The molecule has 4 rings (SSSR count). The molecule has 3 aromatic carbocycles. The molecule has 1 heterocycles. The van der Waals surface area contributed by atoms with E-state index in [1.165, 1.54) is 20.8 Å². The van der Waals surface area contributed by atoms with Crippen LogP contribution >= 0.6 is 32.6 Å². The Morgan fingerprint density at radius 1 is 0.946 bits per heavy atom. The van der Waals surface area contributed by atoms with Gasteiger partial charge in [0.25, 0.3) is 0 Å². The molecule has 0 bridgehead atoms. The van der Waals surface area contributed by atoms with Crippen LogP contribution in [0.5, 0.6) is 0 Å². The average Bonchev–Trinajstić information content (AvgIpc) is 3.20. The first-order chi connectivity index (χ1) is 17.7. The number of imide groups is 1. The maximum atomic E-state index is 13.0. The van der Waals surface area contributed by atoms with Gasteiger partial charge >= 0.3 is 230 Å². The molecule has 3 N–H and O–H groups in total. The molecule has 2 amide bonds. The first-order valence-corrected chi connectivity index (χ1v) is 17.6. The predicted molar refractivity (Wildman–Crippen MR) is 157 cm³/mol. The number of hydrogen-bond donors (Lipinski definition) is 2. The molecular weight excluding hydrogens is 571 g/mol. The fourth-order valence-electron chi connectivity index (χ4n) is 4.89. The van der Waals surface area contributed by atoms with Crippen LogP contribution in [0.25, 0.3) is 0 Å². The Kier molecular flexibility index (Phi) is 8.54. The Morgan fingerprint density at radius 3 is 1.84 bits per heavy atom. The number of carboxylic acid groups (broad SMARTS) is 1. The molecule has 194 valence electrons. The zero-order chi connectivity index (χ0) is 26.5. The number of amides is 2. The second-order valence-corrected chi connectivity index (χ2v) is 19.4. The van der Waals surface area contributed by atoms with E-state index in [0.717, 1.165) is 11.8 Å². The van der Waals surface area contributed by atoms with Gasteiger partial charge in [0.2, 0.25) is 0 Å². The summed E-state index contributed by atoms with van der Waals surface area (Å²) in [6, 6.07) is 30.1. The number of halogens is 1. The van der Waals surface area contributed by atoms with Crippen molar-refractivity contribution in [1.82, 2.24) is 4.90 Å². The number of carboxylic acids is 1. The number of nitrogens with zero attached hydrogens (tertiary/aromatic N) is 1. The molecule has 1 aliphatic rings. The molecule has 0 spiro atoms. The van der Waals surface area contributed by atoms with E-state index in [0.29, 0.717) is 19.1 Å². The van der Waals surface area contributed by atoms with Crippen molar-refractivity contribution in [3.05, 3.63) is 91.0 Å². The van der Waals surface area contributed by atoms with Crippen LogP contribution in [0.2, 0.25) is 0 Å². The third-order valence-electron chi connectivity index (χ3n) is 6.84. The molecule has 6 nitrogen and oxygen atoms in total. The van der Waals surface area contributed by atoms with E-state index in [1.54, 1.807) is 0 Å². The summed E-state index contributed by atoms with van der Waals surface area (Å²) in [5.41, 5.74) is 5.59. The Labute approximate surface area is 229 Å². The molecule has 1 fully saturated rings. The van der Waals surface area contributed by atoms with E-state index in [-0.39, 0.29) is 24.0 Å². The molecule has 2 atom stereocenters. The predicted octanol–water partition coefficient (Wildman–Crippen LogP) is 3.49. The van der Waals surface area contributed by atoms with E-state index in [1.807, 2.05) is 54.6 Å². The van der Waals surface area contributed by atoms with Crippen molar-refractivity contribution in [3.8, 4) is 0 Å². The van der Waals surface area contributed by atoms with Crippen LogP contribution in [-0.2, 0) is 14.4 Å². The number of thioether (sulfide) groups is 1. The van der Waals surface area contributed by atoms with Gasteiger partial charge in [0.15, 0.2) is 0 Å². The Balaban J connectivity index is 1.63. The number of nitrogens with two attached hydrogens (primary N) is 1. The van der Waals surface area contributed by atoms with Crippen molar-refractivity contribution in [2.75, 3.05) is 18.5 Å². The molecule has 37 heavy (non-hydrogen) atoms. The van der Waals surface area contributed by atoms with Gasteiger partial charge in [-0.25, -0.2) is 0 Å². The van der Waals surface area contributed by atoms with Crippen molar-refractivity contribution in [2.45, 2.75) is 24.1 Å². The zero-order valence-corrected chi connectivity index (χ0v) is 23.6. The van der Waals surface area contributed by atoms with E-state index in [2.05, 4.69) is 51.9 Å². The molecule has 0 radical (unpaired) electrons. The van der Waals surface area contributed by atoms with Gasteiger partial charge in [0.05, 0.1) is 0 Å². The van der Waals surface area contributed by atoms with E-state index >= 15 is 0 Å². The number of benzene rings is 3. The topological polar surface area (TPSA) is 101 Å². The third-order valence-corrected chi connectivity index (χ3v) is 18.2. The van der Waals surface area contributed by atoms with Crippen LogP contribution in [0.4, 0.5) is 0 Å². The monoisotopic (exact) mass is 600 g/mol. The first-order valence-electron chi connectivity index (χ1n) is 12.1. The number of carbonyl (C=O) groups excluding carboxylic acids is 2. The fourth-order valence-corrected chi connectivity index (χ4v) is 13.7. The molecule has 9 heteroatoms. The van der Waals surface area contributed by atoms with Crippen molar-refractivity contribution >= 4 is 66.3 Å². The number of hydrogen-bond acceptors (Lipinski definition) is 5. The molecule has 3 aromatic rings. The van der Waals surface area contributed by atoms with Crippen molar-refractivity contribution in [3.63, 3.8) is 0 Å². The van der Waals surface area contributed by atoms with Gasteiger partial charge in [-0.15, -0.1) is 0 Å². The SMILES string of the molecule is NC(CSC1CC(=O)N(CCCP(Br)(c2ccccc2)(c2ccccc2)c2ccccc2)C1=O)C(=O)O. The van der Waals surface area contributed by atoms with Crippen LogP contribution in [-0.4, -0.2) is 57.5 Å². The third kappa shape index (κ3) is 5.39. The molecule has 0 saturated carbocycles. The quantitative estimate of drug-likeness (QED) is 0.258. The van der Waals surface area contributed by atoms with Gasteiger partial charge in [-0.05, 0) is 0 Å². The molecule has 0 aliphatic carbocycles. The van der Waals surface area contributed by atoms with Crippen LogP contribution in [0.3, 0.4) is 0 Å². The van der Waals surface area contributed by atoms with Crippen LogP contribution in [0, 0.1) is 0 Å². The van der Waals surface area contributed by atoms with Gasteiger partial charge in [-0.2, -0.15) is 0 Å². The Morgan fingerprint density at radius 2 is 1.41 bits per heavy atom. The fraction of sp³-hybridized carbons (Fsp3) is 0.250. The van der Waals surface area contributed by atoms with E-state index in [4.69, 9.17) is 10.8 Å². The number of aliphatic carboxylic acids is 1. The van der Waals surface area contributed by atoms with Gasteiger partial charge in [0.1, 0.15) is 0 Å². The molecule has 2 unspecified atom stereocenters. The summed E-state index contributed by atoms with van der Waals surface area (Å²) >= 11 is 5.54. The summed E-state index contributed by atoms with van der Waals surface area (Å²) in [5, 5.41) is 8.84. The van der Waals surface area contributed by atoms with Crippen LogP contribution < -0.4 is 21.6 Å². The second kappa shape index (κ2) is 11.5. The minimum atomic E-state index is -3.14. The average molecular weight is 602 g/mol. The van der Waals surface area contributed by atoms with Crippen LogP contribution in [0.15, 0.2) is 91.0 Å². The van der Waals surface area contributed by atoms with Crippen molar-refractivity contribution in [2.24, 2.45) is 5.73 Å².